The van der Waals surface area contributed by atoms with Gasteiger partial charge in [0.1, 0.15) is 11.5 Å². The molecule has 2 heterocycles. The first-order chi connectivity index (χ1) is 38.2. The largest absolute Gasteiger partial charge is 0.465 e. The lowest BCUT2D eigenvalue weighted by Gasteiger charge is -2.32. The second kappa shape index (κ2) is 43.6. The Bertz CT molecular complexity index is 1720. The van der Waals surface area contributed by atoms with Gasteiger partial charge in [-0.25, -0.2) is 0 Å². The molecule has 0 bridgehead atoms. The quantitative estimate of drug-likeness (QED) is 0.0272. The number of carbonyl (C=O) groups is 4. The van der Waals surface area contributed by atoms with Crippen LogP contribution in [0.4, 0.5) is 0 Å². The van der Waals surface area contributed by atoms with Crippen molar-refractivity contribution in [3.05, 3.63) is 59.7 Å². The molecule has 0 saturated carbocycles. The Hall–Kier alpha value is -3.06. The van der Waals surface area contributed by atoms with Crippen LogP contribution in [0.3, 0.4) is 0 Å². The van der Waals surface area contributed by atoms with Crippen LogP contribution in [0.15, 0.2) is 48.5 Å². The van der Waals surface area contributed by atoms with Crippen LogP contribution >= 0.6 is 21.6 Å². The van der Waals surface area contributed by atoms with Crippen molar-refractivity contribution in [2.24, 2.45) is 23.7 Å². The maximum absolute atomic E-state index is 13.2. The maximum atomic E-state index is 13.2. The minimum absolute atomic E-state index is 0.0503. The number of ether oxygens (including phenoxy) is 4. The first kappa shape index (κ1) is 67.4. The van der Waals surface area contributed by atoms with Crippen molar-refractivity contribution in [2.75, 3.05) is 64.0 Å². The Morgan fingerprint density at radius 2 is 0.756 bits per heavy atom. The smallest absolute Gasteiger partial charge is 0.314 e. The summed E-state index contributed by atoms with van der Waals surface area (Å²) < 4.78 is 23.1. The number of rotatable bonds is 45. The molecule has 12 heteroatoms. The van der Waals surface area contributed by atoms with Gasteiger partial charge in [-0.1, -0.05) is 202 Å². The third kappa shape index (κ3) is 31.2. The molecule has 2 fully saturated rings. The van der Waals surface area contributed by atoms with Crippen molar-refractivity contribution in [2.45, 2.75) is 233 Å². The number of unbranched alkanes of at least 4 members (excludes halogenated alkanes) is 16. The lowest BCUT2D eigenvalue weighted by molar-refractivity contribution is -0.144. The van der Waals surface area contributed by atoms with Crippen molar-refractivity contribution in [1.29, 1.82) is 0 Å². The Kier molecular flexibility index (Phi) is 37.7. The summed E-state index contributed by atoms with van der Waals surface area (Å²) >= 11 is 0. The molecule has 0 radical (unpaired) electrons. The van der Waals surface area contributed by atoms with E-state index in [4.69, 9.17) is 18.9 Å². The topological polar surface area (TPSA) is 112 Å². The molecule has 2 aromatic rings. The van der Waals surface area contributed by atoms with Gasteiger partial charge in [-0.15, -0.1) is 0 Å². The molecular weight excluding hydrogens is 1010 g/mol. The Morgan fingerprint density at radius 1 is 0.449 bits per heavy atom. The summed E-state index contributed by atoms with van der Waals surface area (Å²) in [5.74, 6) is 3.82. The van der Waals surface area contributed by atoms with Gasteiger partial charge in [0.05, 0.1) is 37.9 Å². The van der Waals surface area contributed by atoms with Crippen LogP contribution in [0.5, 0.6) is 11.5 Å². The van der Waals surface area contributed by atoms with Gasteiger partial charge < -0.3 is 28.7 Å². The van der Waals surface area contributed by atoms with E-state index < -0.39 is 0 Å². The maximum Gasteiger partial charge on any atom is 0.314 e. The Morgan fingerprint density at radius 3 is 1.09 bits per heavy atom. The number of piperidine rings is 2. The molecule has 0 aromatic heterocycles. The predicted octanol–water partition coefficient (Wildman–Crippen LogP) is 16.6. The Balaban J connectivity index is 0.972. The average molecular weight is 1120 g/mol. The molecule has 2 saturated heterocycles. The second-order valence-corrected chi connectivity index (χ2v) is 25.6. The zero-order valence-electron chi connectivity index (χ0n) is 49.6. The molecule has 2 aliphatic heterocycles. The molecular formula is C66H108N2O8S2. The van der Waals surface area contributed by atoms with Crippen LogP contribution in [0.2, 0.25) is 0 Å². The van der Waals surface area contributed by atoms with E-state index in [1.807, 2.05) is 70.1 Å². The number of nitrogens with zero attached hydrogens (tertiary/aromatic N) is 2. The van der Waals surface area contributed by atoms with Gasteiger partial charge >= 0.3 is 23.9 Å². The first-order valence-corrected chi connectivity index (χ1v) is 34.3. The van der Waals surface area contributed by atoms with Crippen LogP contribution in [-0.2, 0) is 41.5 Å². The van der Waals surface area contributed by atoms with Crippen molar-refractivity contribution in [1.82, 2.24) is 9.80 Å². The molecule has 442 valence electrons. The van der Waals surface area contributed by atoms with Crippen LogP contribution < -0.4 is 9.47 Å². The molecule has 10 nitrogen and oxygen atoms in total. The van der Waals surface area contributed by atoms with E-state index in [-0.39, 0.29) is 48.6 Å². The summed E-state index contributed by atoms with van der Waals surface area (Å²) in [7, 11) is 3.99. The minimum atomic E-state index is -0.204. The normalized spacial score (nSPS) is 15.5. The van der Waals surface area contributed by atoms with Crippen LogP contribution in [0, 0.1) is 23.7 Å². The molecule has 2 aliphatic rings. The highest BCUT2D eigenvalue weighted by molar-refractivity contribution is 8.76. The second-order valence-electron chi connectivity index (χ2n) is 22.9. The van der Waals surface area contributed by atoms with E-state index in [2.05, 4.69) is 37.5 Å². The third-order valence-corrected chi connectivity index (χ3v) is 18.7. The van der Waals surface area contributed by atoms with Crippen molar-refractivity contribution < 1.29 is 38.1 Å². The van der Waals surface area contributed by atoms with Crippen LogP contribution in [0.25, 0.3) is 0 Å². The van der Waals surface area contributed by atoms with Gasteiger partial charge in [0.15, 0.2) is 0 Å². The van der Waals surface area contributed by atoms with Gasteiger partial charge in [-0.3, -0.25) is 19.2 Å². The zero-order chi connectivity index (χ0) is 55.7. The average Bonchev–Trinajstić information content (AvgIpc) is 3.45. The highest BCUT2D eigenvalue weighted by Crippen LogP contribution is 2.28. The first-order valence-electron chi connectivity index (χ1n) is 31.8. The van der Waals surface area contributed by atoms with E-state index in [0.29, 0.717) is 36.5 Å². The molecule has 78 heavy (non-hydrogen) atoms. The van der Waals surface area contributed by atoms with Crippen molar-refractivity contribution in [3.8, 4) is 11.5 Å². The summed E-state index contributed by atoms with van der Waals surface area (Å²) in [5.41, 5.74) is 1.74. The van der Waals surface area contributed by atoms with Crippen molar-refractivity contribution in [3.63, 3.8) is 0 Å². The standard InChI is InChI=1S/C66H108N2O8S2/c1-5-9-13-17-19-23-27-59(25-21-15-11-7-3)65(71)75-61-33-29-57(30-34-61)53-63(69)73-49-41-55-37-43-67(44-38-55)47-51-77-78-52-48-68-45-39-56(40-46-68)42-50-74-64(70)54-58-31-35-62(36-32-58)76-66(72)60(26-22-16-12-8-4)28-24-20-18-14-10-6-2/h29-36,55-56,59-60H,5-28,37-54H2,1-4H3. The molecule has 2 unspecified atom stereocenters. The lowest BCUT2D eigenvalue weighted by atomic mass is 9.94. The molecule has 4 rings (SSSR count). The van der Waals surface area contributed by atoms with Gasteiger partial charge in [0.25, 0.3) is 0 Å². The number of esters is 4. The summed E-state index contributed by atoms with van der Waals surface area (Å²) in [4.78, 5) is 57.0. The predicted molar refractivity (Wildman–Crippen MR) is 326 cm³/mol. The van der Waals surface area contributed by atoms with Crippen LogP contribution in [0.1, 0.15) is 231 Å². The molecule has 0 aliphatic carbocycles. The van der Waals surface area contributed by atoms with Crippen molar-refractivity contribution >= 4 is 45.5 Å². The molecule has 0 amide bonds. The summed E-state index contributed by atoms with van der Waals surface area (Å²) in [6, 6.07) is 14.8. The zero-order valence-corrected chi connectivity index (χ0v) is 51.2. The fraction of sp³-hybridized carbons (Fsp3) is 0.758. The van der Waals surface area contributed by atoms with E-state index in [1.54, 1.807) is 0 Å². The number of likely N-dealkylation sites (tertiary alicyclic amines) is 2. The van der Waals surface area contributed by atoms with E-state index in [9.17, 15) is 19.2 Å². The summed E-state index contributed by atoms with van der Waals surface area (Å²) in [5, 5.41) is 0. The van der Waals surface area contributed by atoms with Gasteiger partial charge in [-0.05, 0) is 138 Å². The lowest BCUT2D eigenvalue weighted by Crippen LogP contribution is -2.36. The SMILES string of the molecule is CCCCCCCCC(CCCCCC)C(=O)Oc1ccc(CC(=O)OCCC2CCN(CCSSCCN3CCC(CCOC(=O)Cc4ccc(OC(=O)C(CCCCCC)CCCCCCCC)cc4)CC3)CC2)cc1. The number of benzene rings is 2. The number of carbonyl (C=O) groups excluding carboxylic acids is 4. The van der Waals surface area contributed by atoms with Gasteiger partial charge in [-0.2, -0.15) is 0 Å². The van der Waals surface area contributed by atoms with E-state index in [0.717, 1.165) is 152 Å². The fourth-order valence-corrected chi connectivity index (χ4v) is 13.1. The summed E-state index contributed by atoms with van der Waals surface area (Å²) in [6.45, 7) is 16.5. The molecule has 0 spiro atoms. The highest BCUT2D eigenvalue weighted by atomic mass is 33.1. The number of hydrogen-bond acceptors (Lipinski definition) is 12. The Labute approximate surface area is 482 Å². The fourth-order valence-electron chi connectivity index (χ4n) is 11.0. The third-order valence-electron chi connectivity index (χ3n) is 16.3. The molecule has 2 aromatic carbocycles. The monoisotopic (exact) mass is 1120 g/mol. The minimum Gasteiger partial charge on any atom is -0.465 e. The van der Waals surface area contributed by atoms with E-state index in [1.165, 1.54) is 103 Å². The highest BCUT2D eigenvalue weighted by Gasteiger charge is 2.24. The van der Waals surface area contributed by atoms with Gasteiger partial charge in [0.2, 0.25) is 0 Å². The molecule has 0 N–H and O–H groups in total. The van der Waals surface area contributed by atoms with Gasteiger partial charge in [0, 0.05) is 24.6 Å². The van der Waals surface area contributed by atoms with E-state index >= 15 is 0 Å². The van der Waals surface area contributed by atoms with Crippen LogP contribution in [-0.4, -0.2) is 97.7 Å². The summed E-state index contributed by atoms with van der Waals surface area (Å²) in [6.07, 6.45) is 34.4. The number of hydrogen-bond donors (Lipinski definition) is 0. The molecule has 2 atom stereocenters.